The molecular formula is C29H50N2O10. The van der Waals surface area contributed by atoms with Gasteiger partial charge in [-0.2, -0.15) is 0 Å². The minimum atomic E-state index is -1.33. The van der Waals surface area contributed by atoms with Crippen molar-refractivity contribution in [3.8, 4) is 0 Å². The Balaban J connectivity index is 0.000000422. The quantitative estimate of drug-likeness (QED) is 0.251. The third-order valence-electron chi connectivity index (χ3n) is 6.37. The summed E-state index contributed by atoms with van der Waals surface area (Å²) >= 11 is 0. The molecule has 0 aromatic carbocycles. The molecular weight excluding hydrogens is 536 g/mol. The summed E-state index contributed by atoms with van der Waals surface area (Å²) in [6, 6.07) is 0. The van der Waals surface area contributed by atoms with Gasteiger partial charge in [-0.15, -0.1) is 0 Å². The van der Waals surface area contributed by atoms with Crippen LogP contribution >= 0.6 is 0 Å². The number of carbonyl (C=O) groups excluding carboxylic acids is 5. The summed E-state index contributed by atoms with van der Waals surface area (Å²) in [5, 5.41) is 0. The number of amides is 2. The number of rotatable bonds is 6. The van der Waals surface area contributed by atoms with Crippen molar-refractivity contribution in [1.82, 2.24) is 9.80 Å². The number of likely N-dealkylation sites (tertiary alicyclic amines) is 2. The smallest absolute Gasteiger partial charge is 0.410 e. The number of carbonyl (C=O) groups is 5. The van der Waals surface area contributed by atoms with Gasteiger partial charge in [-0.1, -0.05) is 0 Å². The van der Waals surface area contributed by atoms with E-state index >= 15 is 0 Å². The lowest BCUT2D eigenvalue weighted by atomic mass is 9.78. The minimum Gasteiger partial charge on any atom is -0.466 e. The summed E-state index contributed by atoms with van der Waals surface area (Å²) in [7, 11) is 0. The zero-order valence-electron chi connectivity index (χ0n) is 26.3. The van der Waals surface area contributed by atoms with E-state index in [0.717, 1.165) is 0 Å². The van der Waals surface area contributed by atoms with E-state index in [1.165, 1.54) is 4.90 Å². The molecule has 2 rings (SSSR count). The fourth-order valence-electron chi connectivity index (χ4n) is 4.31. The average Bonchev–Trinajstić information content (AvgIpc) is 2.87. The first kappa shape index (κ1) is 36.0. The summed E-state index contributed by atoms with van der Waals surface area (Å²) in [4.78, 5) is 63.2. The molecule has 0 atom stereocenters. The van der Waals surface area contributed by atoms with Crippen molar-refractivity contribution in [2.75, 3.05) is 46.0 Å². The molecule has 2 aliphatic heterocycles. The molecule has 0 spiro atoms. The van der Waals surface area contributed by atoms with Crippen molar-refractivity contribution < 1.29 is 47.7 Å². The van der Waals surface area contributed by atoms with Gasteiger partial charge in [0, 0.05) is 26.2 Å². The molecule has 0 saturated carbocycles. The standard InChI is InChI=1S/C16H27NO6.C13H23NO4/c1-6-21-12(18)16(13(19)22-7-2)8-10-17(11-9-16)14(20)23-15(3,4)5;1-5-17-11(15)10-6-8-14(9-7-10)12(16)18-13(2,3)4/h6-11H2,1-5H3;10H,5-9H2,1-4H3. The second-order valence-corrected chi connectivity index (χ2v) is 12.0. The van der Waals surface area contributed by atoms with Gasteiger partial charge in [0.15, 0.2) is 5.41 Å². The first-order valence-electron chi connectivity index (χ1n) is 14.5. The molecule has 2 fully saturated rings. The van der Waals surface area contributed by atoms with Crippen molar-refractivity contribution in [3.05, 3.63) is 0 Å². The van der Waals surface area contributed by atoms with Gasteiger partial charge in [0.2, 0.25) is 0 Å². The zero-order valence-corrected chi connectivity index (χ0v) is 26.3. The summed E-state index contributed by atoms with van der Waals surface area (Å²) in [6.45, 7) is 18.4. The third-order valence-corrected chi connectivity index (χ3v) is 6.37. The Labute approximate surface area is 244 Å². The Morgan fingerprint density at radius 2 is 1.00 bits per heavy atom. The zero-order chi connectivity index (χ0) is 31.4. The van der Waals surface area contributed by atoms with E-state index in [2.05, 4.69) is 0 Å². The van der Waals surface area contributed by atoms with Crippen LogP contribution in [0, 0.1) is 11.3 Å². The highest BCUT2D eigenvalue weighted by Crippen LogP contribution is 2.35. The maximum Gasteiger partial charge on any atom is 0.410 e. The van der Waals surface area contributed by atoms with E-state index < -0.39 is 34.6 Å². The van der Waals surface area contributed by atoms with Gasteiger partial charge < -0.3 is 33.5 Å². The number of ether oxygens (including phenoxy) is 5. The van der Waals surface area contributed by atoms with Crippen LogP contribution in [0.5, 0.6) is 0 Å². The van der Waals surface area contributed by atoms with Crippen LogP contribution in [0.2, 0.25) is 0 Å². The Bertz CT molecular complexity index is 870. The van der Waals surface area contributed by atoms with Crippen LogP contribution in [-0.4, -0.2) is 97.1 Å². The number of nitrogens with zero attached hydrogens (tertiary/aromatic N) is 2. The highest BCUT2D eigenvalue weighted by Gasteiger charge is 2.51. The Morgan fingerprint density at radius 3 is 1.34 bits per heavy atom. The second-order valence-electron chi connectivity index (χ2n) is 12.0. The van der Waals surface area contributed by atoms with Gasteiger partial charge in [0.05, 0.1) is 25.7 Å². The van der Waals surface area contributed by atoms with Crippen LogP contribution < -0.4 is 0 Å². The van der Waals surface area contributed by atoms with E-state index in [9.17, 15) is 24.0 Å². The van der Waals surface area contributed by atoms with Crippen LogP contribution in [0.3, 0.4) is 0 Å². The topological polar surface area (TPSA) is 138 Å². The highest BCUT2D eigenvalue weighted by molar-refractivity contribution is 6.00. The van der Waals surface area contributed by atoms with Crippen molar-refractivity contribution in [1.29, 1.82) is 0 Å². The van der Waals surface area contributed by atoms with Crippen molar-refractivity contribution in [2.45, 2.75) is 99.2 Å². The summed E-state index contributed by atoms with van der Waals surface area (Å²) in [5.41, 5.74) is -2.40. The predicted octanol–water partition coefficient (Wildman–Crippen LogP) is 4.33. The number of esters is 3. The van der Waals surface area contributed by atoms with Crippen molar-refractivity contribution in [3.63, 3.8) is 0 Å². The molecule has 0 bridgehead atoms. The van der Waals surface area contributed by atoms with Gasteiger partial charge in [0.1, 0.15) is 11.2 Å². The number of hydrogen-bond donors (Lipinski definition) is 0. The monoisotopic (exact) mass is 586 g/mol. The first-order chi connectivity index (χ1) is 19.0. The van der Waals surface area contributed by atoms with Crippen LogP contribution in [0.4, 0.5) is 9.59 Å². The maximum atomic E-state index is 12.3. The van der Waals surface area contributed by atoms with Crippen LogP contribution in [-0.2, 0) is 38.1 Å². The predicted molar refractivity (Wildman–Crippen MR) is 150 cm³/mol. The molecule has 0 N–H and O–H groups in total. The van der Waals surface area contributed by atoms with E-state index in [1.54, 1.807) is 46.4 Å². The largest absolute Gasteiger partial charge is 0.466 e. The highest BCUT2D eigenvalue weighted by atomic mass is 16.6. The molecule has 236 valence electrons. The summed E-state index contributed by atoms with van der Waals surface area (Å²) < 4.78 is 25.7. The first-order valence-corrected chi connectivity index (χ1v) is 14.5. The lowest BCUT2D eigenvalue weighted by Crippen LogP contribution is -2.52. The van der Waals surface area contributed by atoms with Crippen LogP contribution in [0.25, 0.3) is 0 Å². The molecule has 12 nitrogen and oxygen atoms in total. The third kappa shape index (κ3) is 11.8. The molecule has 0 aromatic rings. The van der Waals surface area contributed by atoms with E-state index in [0.29, 0.717) is 32.5 Å². The van der Waals surface area contributed by atoms with Gasteiger partial charge >= 0.3 is 30.1 Å². The molecule has 2 heterocycles. The second kappa shape index (κ2) is 15.8. The van der Waals surface area contributed by atoms with Gasteiger partial charge in [-0.25, -0.2) is 9.59 Å². The molecule has 2 saturated heterocycles. The number of hydrogen-bond acceptors (Lipinski definition) is 10. The molecule has 41 heavy (non-hydrogen) atoms. The number of piperidine rings is 2. The van der Waals surface area contributed by atoms with Crippen LogP contribution in [0.15, 0.2) is 0 Å². The lowest BCUT2D eigenvalue weighted by molar-refractivity contribution is -0.175. The molecule has 12 heteroatoms. The Morgan fingerprint density at radius 1 is 0.634 bits per heavy atom. The van der Waals surface area contributed by atoms with Gasteiger partial charge in [-0.05, 0) is 88.0 Å². The fraction of sp³-hybridized carbons (Fsp3) is 0.828. The molecule has 2 amide bonds. The summed E-state index contributed by atoms with van der Waals surface area (Å²) in [6.07, 6.45) is 0.896. The molecule has 0 unspecified atom stereocenters. The SMILES string of the molecule is CCOC(=O)C1(C(=O)OCC)CCN(C(=O)OC(C)(C)C)CC1.CCOC(=O)C1CCN(C(=O)OC(C)(C)C)CC1. The molecule has 0 aromatic heterocycles. The normalized spacial score (nSPS) is 17.4. The Kier molecular flexibility index (Phi) is 13.9. The van der Waals surface area contributed by atoms with Crippen molar-refractivity contribution in [2.24, 2.45) is 11.3 Å². The Hall–Kier alpha value is -3.05. The average molecular weight is 587 g/mol. The van der Waals surface area contributed by atoms with E-state index in [-0.39, 0.29) is 57.1 Å². The van der Waals surface area contributed by atoms with Crippen molar-refractivity contribution >= 4 is 30.1 Å². The molecule has 0 aliphatic carbocycles. The van der Waals surface area contributed by atoms with Gasteiger partial charge in [-0.3, -0.25) is 14.4 Å². The van der Waals surface area contributed by atoms with E-state index in [1.807, 2.05) is 20.8 Å². The molecule has 2 aliphatic rings. The minimum absolute atomic E-state index is 0.0800. The van der Waals surface area contributed by atoms with Crippen LogP contribution in [0.1, 0.15) is 88.0 Å². The van der Waals surface area contributed by atoms with Gasteiger partial charge in [0.25, 0.3) is 0 Å². The van der Waals surface area contributed by atoms with E-state index in [4.69, 9.17) is 23.7 Å². The maximum absolute atomic E-state index is 12.3. The lowest BCUT2D eigenvalue weighted by Gasteiger charge is -2.38. The fourth-order valence-corrected chi connectivity index (χ4v) is 4.31. The summed E-state index contributed by atoms with van der Waals surface area (Å²) in [5.74, 6) is -1.39. The molecule has 0 radical (unpaired) electrons.